The van der Waals surface area contributed by atoms with Gasteiger partial charge in [-0.3, -0.25) is 4.99 Å². The van der Waals surface area contributed by atoms with Crippen molar-refractivity contribution in [3.05, 3.63) is 71.3 Å². The maximum absolute atomic E-state index is 6.24. The van der Waals surface area contributed by atoms with Gasteiger partial charge in [-0.1, -0.05) is 32.1 Å². The molecule has 1 fully saturated rings. The minimum atomic E-state index is 0.400. The first-order valence-electron chi connectivity index (χ1n) is 12.5. The van der Waals surface area contributed by atoms with Gasteiger partial charge in [0.1, 0.15) is 18.2 Å². The fourth-order valence-electron chi connectivity index (χ4n) is 5.78. The summed E-state index contributed by atoms with van der Waals surface area (Å²) in [6.45, 7) is 9.08. The van der Waals surface area contributed by atoms with E-state index in [-0.39, 0.29) is 0 Å². The predicted octanol–water partition coefficient (Wildman–Crippen LogP) is 6.41. The minimum absolute atomic E-state index is 0.400. The highest BCUT2D eigenvalue weighted by atomic mass is 16.5. The molecule has 0 amide bonds. The van der Waals surface area contributed by atoms with Gasteiger partial charge in [-0.25, -0.2) is 4.98 Å². The Morgan fingerprint density at radius 1 is 1.12 bits per heavy atom. The molecule has 1 aliphatic carbocycles. The first-order valence-corrected chi connectivity index (χ1v) is 12.5. The Kier molecular flexibility index (Phi) is 5.28. The van der Waals surface area contributed by atoms with Crippen LogP contribution in [0.5, 0.6) is 5.75 Å². The molecule has 174 valence electrons. The molecule has 5 nitrogen and oxygen atoms in total. The number of aromatic amines is 1. The van der Waals surface area contributed by atoms with Crippen LogP contribution in [0.1, 0.15) is 44.5 Å². The molecule has 3 aromatic rings. The third-order valence-electron chi connectivity index (χ3n) is 7.41. The number of hydrogen-bond acceptors (Lipinski definition) is 4. The van der Waals surface area contributed by atoms with Gasteiger partial charge < -0.3 is 14.6 Å². The number of aryl methyl sites for hydroxylation is 1. The third kappa shape index (κ3) is 3.73. The molecule has 2 atom stereocenters. The number of H-pyrrole nitrogens is 1. The highest BCUT2D eigenvalue weighted by molar-refractivity contribution is 6.03. The van der Waals surface area contributed by atoms with Gasteiger partial charge in [-0.15, -0.1) is 0 Å². The number of nitrogens with zero attached hydrogens (tertiary/aromatic N) is 3. The van der Waals surface area contributed by atoms with Crippen molar-refractivity contribution in [3.8, 4) is 16.9 Å². The number of benzene rings is 2. The van der Waals surface area contributed by atoms with Gasteiger partial charge >= 0.3 is 0 Å². The summed E-state index contributed by atoms with van der Waals surface area (Å²) >= 11 is 0. The number of fused-ring (bicyclic) bond motifs is 3. The number of allylic oxidation sites excluding steroid dienone is 2. The summed E-state index contributed by atoms with van der Waals surface area (Å²) in [5, 5.41) is 0. The van der Waals surface area contributed by atoms with Crippen molar-refractivity contribution in [2.75, 3.05) is 13.2 Å². The van der Waals surface area contributed by atoms with Crippen molar-refractivity contribution in [1.82, 2.24) is 14.9 Å². The van der Waals surface area contributed by atoms with Crippen LogP contribution in [0.15, 0.2) is 64.9 Å². The molecular formula is C29H32N4O. The molecule has 2 unspecified atom stereocenters. The Balaban J connectivity index is 1.38. The smallest absolute Gasteiger partial charge is 0.124 e. The van der Waals surface area contributed by atoms with Crippen LogP contribution in [0, 0.1) is 18.8 Å². The van der Waals surface area contributed by atoms with Crippen molar-refractivity contribution in [1.29, 1.82) is 0 Å². The Morgan fingerprint density at radius 3 is 2.85 bits per heavy atom. The van der Waals surface area contributed by atoms with Crippen LogP contribution in [-0.4, -0.2) is 33.7 Å². The summed E-state index contributed by atoms with van der Waals surface area (Å²) in [5.74, 6) is 3.01. The van der Waals surface area contributed by atoms with Gasteiger partial charge in [-0.2, -0.15) is 0 Å². The third-order valence-corrected chi connectivity index (χ3v) is 7.41. The Hall–Kier alpha value is -3.34. The SMILES string of the molecule is CCC1C=CN=C2CC(C)CC2=C1N1CCOc2ccc(-c3ccc4nc(C)[nH]c4c3)cc2C1. The normalized spacial score (nSPS) is 22.2. The average Bonchev–Trinajstić information content (AvgIpc) is 3.24. The lowest BCUT2D eigenvalue weighted by Gasteiger charge is -2.31. The van der Waals surface area contributed by atoms with E-state index in [2.05, 4.69) is 71.2 Å². The van der Waals surface area contributed by atoms with Crippen molar-refractivity contribution in [2.45, 2.75) is 46.6 Å². The molecule has 6 rings (SSSR count). The Bertz CT molecular complexity index is 1350. The Morgan fingerprint density at radius 2 is 1.97 bits per heavy atom. The van der Waals surface area contributed by atoms with Crippen molar-refractivity contribution in [2.24, 2.45) is 16.8 Å². The van der Waals surface area contributed by atoms with E-state index in [9.17, 15) is 0 Å². The summed E-state index contributed by atoms with van der Waals surface area (Å²) in [5.41, 5.74) is 9.97. The van der Waals surface area contributed by atoms with Gasteiger partial charge in [0.25, 0.3) is 0 Å². The molecule has 0 saturated heterocycles. The molecule has 1 aromatic heterocycles. The van der Waals surface area contributed by atoms with Crippen LogP contribution < -0.4 is 4.74 Å². The second kappa shape index (κ2) is 8.46. The predicted molar refractivity (Wildman–Crippen MR) is 138 cm³/mol. The molecule has 3 heterocycles. The van der Waals surface area contributed by atoms with Crippen molar-refractivity contribution in [3.63, 3.8) is 0 Å². The van der Waals surface area contributed by atoms with Crippen LogP contribution in [-0.2, 0) is 6.54 Å². The van der Waals surface area contributed by atoms with Gasteiger partial charge in [0.15, 0.2) is 0 Å². The molecule has 3 aliphatic rings. The van der Waals surface area contributed by atoms with E-state index in [0.717, 1.165) is 55.0 Å². The number of hydrogen-bond donors (Lipinski definition) is 1. The minimum Gasteiger partial charge on any atom is -0.491 e. The maximum Gasteiger partial charge on any atom is 0.124 e. The zero-order valence-corrected chi connectivity index (χ0v) is 20.3. The van der Waals surface area contributed by atoms with E-state index in [4.69, 9.17) is 9.73 Å². The van der Waals surface area contributed by atoms with E-state index < -0.39 is 0 Å². The zero-order valence-electron chi connectivity index (χ0n) is 20.3. The van der Waals surface area contributed by atoms with Gasteiger partial charge in [0.05, 0.1) is 17.6 Å². The van der Waals surface area contributed by atoms with E-state index in [1.165, 1.54) is 33.7 Å². The number of aliphatic imine (C=N–C) groups is 1. The van der Waals surface area contributed by atoms with Gasteiger partial charge in [0, 0.05) is 35.6 Å². The fraction of sp³-hybridized carbons (Fsp3) is 0.379. The average molecular weight is 453 g/mol. The summed E-state index contributed by atoms with van der Waals surface area (Å²) < 4.78 is 6.24. The number of imidazole rings is 1. The highest BCUT2D eigenvalue weighted by Crippen LogP contribution is 2.39. The Labute approximate surface area is 201 Å². The lowest BCUT2D eigenvalue weighted by atomic mass is 9.94. The fourth-order valence-corrected chi connectivity index (χ4v) is 5.78. The first-order chi connectivity index (χ1) is 16.6. The molecule has 0 bridgehead atoms. The van der Waals surface area contributed by atoms with Crippen LogP contribution in [0.25, 0.3) is 22.2 Å². The van der Waals surface area contributed by atoms with E-state index in [1.54, 1.807) is 0 Å². The number of ether oxygens (including phenoxy) is 1. The van der Waals surface area contributed by atoms with Crippen molar-refractivity contribution >= 4 is 16.7 Å². The summed E-state index contributed by atoms with van der Waals surface area (Å²) in [6, 6.07) is 13.1. The highest BCUT2D eigenvalue weighted by Gasteiger charge is 2.32. The molecule has 34 heavy (non-hydrogen) atoms. The second-order valence-electron chi connectivity index (χ2n) is 9.96. The number of rotatable bonds is 3. The second-order valence-corrected chi connectivity index (χ2v) is 9.96. The number of nitrogens with one attached hydrogen (secondary N) is 1. The summed E-state index contributed by atoms with van der Waals surface area (Å²) in [4.78, 5) is 15.3. The van der Waals surface area contributed by atoms with E-state index >= 15 is 0 Å². The van der Waals surface area contributed by atoms with Crippen molar-refractivity contribution < 1.29 is 4.74 Å². The molecule has 1 N–H and O–H groups in total. The molecule has 1 saturated carbocycles. The van der Waals surface area contributed by atoms with Crippen LogP contribution in [0.4, 0.5) is 0 Å². The summed E-state index contributed by atoms with van der Waals surface area (Å²) in [7, 11) is 0. The first kappa shape index (κ1) is 21.2. The zero-order chi connectivity index (χ0) is 23.2. The van der Waals surface area contributed by atoms with Gasteiger partial charge in [0.2, 0.25) is 0 Å². The van der Waals surface area contributed by atoms with E-state index in [1.807, 2.05) is 13.1 Å². The topological polar surface area (TPSA) is 53.5 Å². The van der Waals surface area contributed by atoms with Gasteiger partial charge in [-0.05, 0) is 73.1 Å². The van der Waals surface area contributed by atoms with E-state index in [0.29, 0.717) is 18.4 Å². The van der Waals surface area contributed by atoms with Crippen LogP contribution >= 0.6 is 0 Å². The number of aromatic nitrogens is 2. The lowest BCUT2D eigenvalue weighted by Crippen LogP contribution is -2.30. The largest absolute Gasteiger partial charge is 0.491 e. The molecule has 0 radical (unpaired) electrons. The van der Waals surface area contributed by atoms with Crippen LogP contribution in [0.2, 0.25) is 0 Å². The molecule has 0 spiro atoms. The molecular weight excluding hydrogens is 420 g/mol. The molecule has 2 aromatic carbocycles. The standard InChI is InChI=1S/C29H32N4O/c1-4-20-9-10-30-26-14-18(2)13-24(26)29(20)33-11-12-34-28-8-6-21(15-23(28)17-33)22-5-7-25-27(16-22)32-19(3)31-25/h5-10,15-16,18,20H,4,11-14,17H2,1-3H3,(H,31,32). The quantitative estimate of drug-likeness (QED) is 0.499. The molecule has 2 aliphatic heterocycles. The van der Waals surface area contributed by atoms with Crippen LogP contribution in [0.3, 0.4) is 0 Å². The summed E-state index contributed by atoms with van der Waals surface area (Å²) in [6.07, 6.45) is 7.63. The monoisotopic (exact) mass is 452 g/mol. The lowest BCUT2D eigenvalue weighted by molar-refractivity contribution is 0.249. The maximum atomic E-state index is 6.24. The molecule has 5 heteroatoms.